The van der Waals surface area contributed by atoms with Gasteiger partial charge in [-0.15, -0.1) is 0 Å². The number of aromatic nitrogens is 2. The number of piperazine rings is 1. The summed E-state index contributed by atoms with van der Waals surface area (Å²) >= 11 is 0. The van der Waals surface area contributed by atoms with E-state index in [9.17, 15) is 0 Å². The summed E-state index contributed by atoms with van der Waals surface area (Å²) in [4.78, 5) is 18.4. The Morgan fingerprint density at radius 1 is 1.07 bits per heavy atom. The molecule has 30 heavy (non-hydrogen) atoms. The van der Waals surface area contributed by atoms with Gasteiger partial charge in [0.25, 0.3) is 0 Å². The number of hydrogen-bond donors (Lipinski definition) is 1. The first-order valence-electron chi connectivity index (χ1n) is 10.3. The van der Waals surface area contributed by atoms with E-state index in [1.807, 2.05) is 36.5 Å². The van der Waals surface area contributed by atoms with Crippen molar-refractivity contribution in [2.45, 2.75) is 19.9 Å². The fourth-order valence-corrected chi connectivity index (χ4v) is 3.83. The van der Waals surface area contributed by atoms with E-state index in [0.29, 0.717) is 17.5 Å². The quantitative estimate of drug-likeness (QED) is 0.501. The standard InChI is InChI=1S/C23H28N6O/c1-16(2)28-8-10-29(11-9-28)23-14-26-19-6-4-17(12-20(19)27-23)18-5-7-22(30-15-24)21(13-18)25-3/h4-7,12-14,16H,3,8-11,15,24H2,1-2H3. The molecule has 7 heteroatoms. The van der Waals surface area contributed by atoms with Gasteiger partial charge in [-0.2, -0.15) is 0 Å². The van der Waals surface area contributed by atoms with Gasteiger partial charge in [0.2, 0.25) is 0 Å². The molecule has 156 valence electrons. The Bertz CT molecular complexity index is 1040. The molecule has 3 aromatic rings. The molecule has 7 nitrogen and oxygen atoms in total. The molecule has 0 radical (unpaired) electrons. The molecule has 0 spiro atoms. The molecule has 1 fully saturated rings. The molecule has 1 aliphatic rings. The highest BCUT2D eigenvalue weighted by Gasteiger charge is 2.20. The molecule has 1 aliphatic heterocycles. The topological polar surface area (TPSA) is 79.9 Å². The zero-order chi connectivity index (χ0) is 21.1. The Balaban J connectivity index is 1.62. The van der Waals surface area contributed by atoms with E-state index in [1.165, 1.54) is 0 Å². The van der Waals surface area contributed by atoms with Crippen molar-refractivity contribution in [2.75, 3.05) is 37.8 Å². The Hall–Kier alpha value is -3.03. The summed E-state index contributed by atoms with van der Waals surface area (Å²) in [5.41, 5.74) is 9.98. The summed E-state index contributed by atoms with van der Waals surface area (Å²) < 4.78 is 5.41. The van der Waals surface area contributed by atoms with Gasteiger partial charge in [-0.1, -0.05) is 12.1 Å². The summed E-state index contributed by atoms with van der Waals surface area (Å²) in [6.45, 7) is 12.3. The van der Waals surface area contributed by atoms with Crippen LogP contribution in [0.2, 0.25) is 0 Å². The maximum atomic E-state index is 5.49. The minimum absolute atomic E-state index is 0.0988. The van der Waals surface area contributed by atoms with E-state index in [4.69, 9.17) is 15.5 Å². The minimum Gasteiger partial charge on any atom is -0.476 e. The second kappa shape index (κ2) is 8.77. The van der Waals surface area contributed by atoms with E-state index < -0.39 is 0 Å². The average molecular weight is 405 g/mol. The number of nitrogens with zero attached hydrogens (tertiary/aromatic N) is 5. The van der Waals surface area contributed by atoms with Crippen molar-refractivity contribution in [1.82, 2.24) is 14.9 Å². The van der Waals surface area contributed by atoms with Crippen LogP contribution in [0.3, 0.4) is 0 Å². The van der Waals surface area contributed by atoms with Crippen LogP contribution < -0.4 is 15.4 Å². The first kappa shape index (κ1) is 20.3. The molecule has 0 saturated carbocycles. The van der Waals surface area contributed by atoms with E-state index in [1.54, 1.807) is 0 Å². The van der Waals surface area contributed by atoms with Crippen LogP contribution in [0.4, 0.5) is 11.5 Å². The highest BCUT2D eigenvalue weighted by molar-refractivity contribution is 5.83. The summed E-state index contributed by atoms with van der Waals surface area (Å²) in [7, 11) is 0. The van der Waals surface area contributed by atoms with E-state index in [2.05, 4.69) is 46.4 Å². The Kier molecular flexibility index (Phi) is 5.92. The first-order valence-corrected chi connectivity index (χ1v) is 10.3. The molecule has 2 N–H and O–H groups in total. The summed E-state index contributed by atoms with van der Waals surface area (Å²) in [6, 6.07) is 12.5. The van der Waals surface area contributed by atoms with Crippen LogP contribution >= 0.6 is 0 Å². The zero-order valence-corrected chi connectivity index (χ0v) is 17.6. The van der Waals surface area contributed by atoms with Gasteiger partial charge < -0.3 is 9.64 Å². The fourth-order valence-electron chi connectivity index (χ4n) is 3.83. The van der Waals surface area contributed by atoms with Gasteiger partial charge >= 0.3 is 0 Å². The third-order valence-corrected chi connectivity index (χ3v) is 5.60. The van der Waals surface area contributed by atoms with E-state index in [0.717, 1.165) is 54.2 Å². The molecule has 0 aliphatic carbocycles. The van der Waals surface area contributed by atoms with Gasteiger partial charge in [0.1, 0.15) is 24.0 Å². The highest BCUT2D eigenvalue weighted by atomic mass is 16.5. The van der Waals surface area contributed by atoms with Gasteiger partial charge in [0.15, 0.2) is 0 Å². The third kappa shape index (κ3) is 4.13. The van der Waals surface area contributed by atoms with Crippen molar-refractivity contribution >= 4 is 29.3 Å². The zero-order valence-electron chi connectivity index (χ0n) is 17.6. The fraction of sp³-hybridized carbons (Fsp3) is 0.348. The molecule has 0 bridgehead atoms. The lowest BCUT2D eigenvalue weighted by Crippen LogP contribution is -2.49. The molecule has 2 heterocycles. The van der Waals surface area contributed by atoms with Crippen LogP contribution in [0, 0.1) is 0 Å². The van der Waals surface area contributed by atoms with E-state index in [-0.39, 0.29) is 6.73 Å². The number of rotatable bonds is 6. The lowest BCUT2D eigenvalue weighted by molar-refractivity contribution is 0.209. The van der Waals surface area contributed by atoms with Gasteiger partial charge in [0, 0.05) is 32.2 Å². The van der Waals surface area contributed by atoms with Crippen LogP contribution in [0.25, 0.3) is 22.2 Å². The normalized spacial score (nSPS) is 15.0. The maximum absolute atomic E-state index is 5.49. The number of hydrogen-bond acceptors (Lipinski definition) is 7. The monoisotopic (exact) mass is 404 g/mol. The van der Waals surface area contributed by atoms with Gasteiger partial charge in [-0.25, -0.2) is 4.98 Å². The first-order chi connectivity index (χ1) is 14.6. The van der Waals surface area contributed by atoms with Gasteiger partial charge in [-0.05, 0) is 56.0 Å². The lowest BCUT2D eigenvalue weighted by atomic mass is 10.0. The van der Waals surface area contributed by atoms with Gasteiger partial charge in [-0.3, -0.25) is 20.6 Å². The Morgan fingerprint density at radius 2 is 1.80 bits per heavy atom. The lowest BCUT2D eigenvalue weighted by Gasteiger charge is -2.37. The predicted molar refractivity (Wildman–Crippen MR) is 123 cm³/mol. The van der Waals surface area contributed by atoms with Crippen molar-refractivity contribution in [3.8, 4) is 16.9 Å². The number of anilines is 1. The molecule has 2 aromatic carbocycles. The van der Waals surface area contributed by atoms with Crippen LogP contribution in [-0.4, -0.2) is 60.5 Å². The molecule has 0 amide bonds. The molecule has 1 saturated heterocycles. The van der Waals surface area contributed by atoms with Gasteiger partial charge in [0.05, 0.1) is 17.2 Å². The molecule has 0 unspecified atom stereocenters. The average Bonchev–Trinajstić information content (AvgIpc) is 2.79. The minimum atomic E-state index is 0.0988. The summed E-state index contributed by atoms with van der Waals surface area (Å²) in [5.74, 6) is 1.56. The number of fused-ring (bicyclic) bond motifs is 1. The number of ether oxygens (including phenoxy) is 1. The number of benzene rings is 2. The molecule has 0 atom stereocenters. The molecule has 1 aromatic heterocycles. The van der Waals surface area contributed by atoms with Crippen LogP contribution in [0.1, 0.15) is 13.8 Å². The van der Waals surface area contributed by atoms with Crippen molar-refractivity contribution in [1.29, 1.82) is 0 Å². The van der Waals surface area contributed by atoms with Crippen molar-refractivity contribution < 1.29 is 4.74 Å². The molecular weight excluding hydrogens is 376 g/mol. The Morgan fingerprint density at radius 3 is 2.50 bits per heavy atom. The Labute approximate surface area is 177 Å². The smallest absolute Gasteiger partial charge is 0.147 e. The van der Waals surface area contributed by atoms with Crippen molar-refractivity contribution in [2.24, 2.45) is 10.7 Å². The SMILES string of the molecule is C=Nc1cc(-c2ccc3ncc(N4CCN(C(C)C)CC4)nc3c2)ccc1OCN. The third-order valence-electron chi connectivity index (χ3n) is 5.60. The van der Waals surface area contributed by atoms with Crippen LogP contribution in [-0.2, 0) is 0 Å². The van der Waals surface area contributed by atoms with Crippen LogP contribution in [0.5, 0.6) is 5.75 Å². The second-order valence-corrected chi connectivity index (χ2v) is 7.70. The summed E-state index contributed by atoms with van der Waals surface area (Å²) in [6.07, 6.45) is 1.88. The molecular formula is C23H28N6O. The molecule has 4 rings (SSSR count). The number of nitrogens with two attached hydrogens (primary N) is 1. The summed E-state index contributed by atoms with van der Waals surface area (Å²) in [5, 5.41) is 0. The highest BCUT2D eigenvalue weighted by Crippen LogP contribution is 2.33. The number of aliphatic imine (C=N–C) groups is 1. The maximum Gasteiger partial charge on any atom is 0.147 e. The predicted octanol–water partition coefficient (Wildman–Crippen LogP) is 3.45. The van der Waals surface area contributed by atoms with Crippen molar-refractivity contribution in [3.63, 3.8) is 0 Å². The van der Waals surface area contributed by atoms with E-state index >= 15 is 0 Å². The van der Waals surface area contributed by atoms with Crippen molar-refractivity contribution in [3.05, 3.63) is 42.6 Å². The van der Waals surface area contributed by atoms with Crippen LogP contribution in [0.15, 0.2) is 47.6 Å². The largest absolute Gasteiger partial charge is 0.476 e. The second-order valence-electron chi connectivity index (χ2n) is 7.70.